The summed E-state index contributed by atoms with van der Waals surface area (Å²) in [7, 11) is -4.61. The molecular formula is C19H12Cl2F3N3O4S. The van der Waals surface area contributed by atoms with E-state index in [1.165, 1.54) is 25.3 Å². The van der Waals surface area contributed by atoms with E-state index in [4.69, 9.17) is 23.2 Å². The fourth-order valence-electron chi connectivity index (χ4n) is 2.73. The molecule has 3 rings (SSSR count). The molecule has 0 saturated carbocycles. The molecule has 0 radical (unpaired) electrons. The van der Waals surface area contributed by atoms with Gasteiger partial charge in [0, 0.05) is 19.2 Å². The van der Waals surface area contributed by atoms with Crippen molar-refractivity contribution in [3.05, 3.63) is 86.6 Å². The SMILES string of the molecule is Cc1c(C(=O)c2ncc(Cl)cc2NS(=O)(=O)c2ccc(Cl)c(C(F)(F)F)c2)ccc[n+]1[O-]. The number of pyridine rings is 2. The lowest BCUT2D eigenvalue weighted by molar-refractivity contribution is -0.612. The monoisotopic (exact) mass is 505 g/mol. The first kappa shape index (κ1) is 23.8. The van der Waals surface area contributed by atoms with E-state index in [0.29, 0.717) is 10.8 Å². The second-order valence-electron chi connectivity index (χ2n) is 6.46. The predicted molar refractivity (Wildman–Crippen MR) is 110 cm³/mol. The van der Waals surface area contributed by atoms with E-state index in [1.54, 1.807) is 0 Å². The number of nitrogens with zero attached hydrogens (tertiary/aromatic N) is 2. The van der Waals surface area contributed by atoms with Crippen LogP contribution >= 0.6 is 23.2 Å². The van der Waals surface area contributed by atoms with Crippen LogP contribution < -0.4 is 9.45 Å². The first-order chi connectivity index (χ1) is 14.8. The Labute approximate surface area is 190 Å². The largest absolute Gasteiger partial charge is 0.618 e. The van der Waals surface area contributed by atoms with Crippen molar-refractivity contribution in [1.82, 2.24) is 4.98 Å². The third-order valence-electron chi connectivity index (χ3n) is 4.32. The van der Waals surface area contributed by atoms with Crippen molar-refractivity contribution in [2.75, 3.05) is 4.72 Å². The molecule has 0 aliphatic rings. The zero-order valence-electron chi connectivity index (χ0n) is 15.9. The molecule has 0 bridgehead atoms. The summed E-state index contributed by atoms with van der Waals surface area (Å²) in [6.45, 7) is 1.38. The van der Waals surface area contributed by atoms with Gasteiger partial charge in [-0.1, -0.05) is 23.2 Å². The molecule has 2 heterocycles. The highest BCUT2D eigenvalue weighted by molar-refractivity contribution is 7.92. The number of carbonyl (C=O) groups is 1. The Bertz CT molecular complexity index is 1330. The zero-order chi connectivity index (χ0) is 23.8. The van der Waals surface area contributed by atoms with Crippen LogP contribution in [-0.4, -0.2) is 19.2 Å². The van der Waals surface area contributed by atoms with Gasteiger partial charge in [-0.25, -0.2) is 13.4 Å². The van der Waals surface area contributed by atoms with Gasteiger partial charge in [0.1, 0.15) is 5.69 Å². The van der Waals surface area contributed by atoms with Gasteiger partial charge in [0.2, 0.25) is 11.5 Å². The Morgan fingerprint density at radius 3 is 2.53 bits per heavy atom. The number of anilines is 1. The van der Waals surface area contributed by atoms with Gasteiger partial charge in [-0.05, 0) is 30.3 Å². The highest BCUT2D eigenvalue weighted by Gasteiger charge is 2.35. The third kappa shape index (κ3) is 4.79. The lowest BCUT2D eigenvalue weighted by Gasteiger charge is -2.14. The van der Waals surface area contributed by atoms with E-state index in [0.717, 1.165) is 24.4 Å². The van der Waals surface area contributed by atoms with Gasteiger partial charge in [-0.3, -0.25) is 9.52 Å². The van der Waals surface area contributed by atoms with Gasteiger partial charge in [-0.15, -0.1) is 0 Å². The van der Waals surface area contributed by atoms with Gasteiger partial charge >= 0.3 is 6.18 Å². The van der Waals surface area contributed by atoms with Crippen LogP contribution in [0.5, 0.6) is 0 Å². The van der Waals surface area contributed by atoms with Crippen LogP contribution in [0.25, 0.3) is 0 Å². The van der Waals surface area contributed by atoms with Crippen molar-refractivity contribution in [3.63, 3.8) is 0 Å². The summed E-state index contributed by atoms with van der Waals surface area (Å²) < 4.78 is 67.4. The summed E-state index contributed by atoms with van der Waals surface area (Å²) >= 11 is 11.4. The maximum atomic E-state index is 13.1. The maximum Gasteiger partial charge on any atom is 0.417 e. The molecule has 2 aromatic heterocycles. The van der Waals surface area contributed by atoms with Crippen LogP contribution in [0, 0.1) is 12.1 Å². The van der Waals surface area contributed by atoms with Crippen molar-refractivity contribution >= 4 is 44.7 Å². The first-order valence-corrected chi connectivity index (χ1v) is 10.8. The average molecular weight is 506 g/mol. The smallest absolute Gasteiger partial charge is 0.417 e. The fraction of sp³-hybridized carbons (Fsp3) is 0.105. The second-order valence-corrected chi connectivity index (χ2v) is 8.98. The van der Waals surface area contributed by atoms with E-state index >= 15 is 0 Å². The van der Waals surface area contributed by atoms with Crippen molar-refractivity contribution in [2.45, 2.75) is 18.0 Å². The minimum absolute atomic E-state index is 0.0376. The number of rotatable bonds is 5. The van der Waals surface area contributed by atoms with Crippen molar-refractivity contribution in [2.24, 2.45) is 0 Å². The lowest BCUT2D eigenvalue weighted by Crippen LogP contribution is -2.31. The summed E-state index contributed by atoms with van der Waals surface area (Å²) in [5.41, 5.74) is -2.15. The normalized spacial score (nSPS) is 11.9. The molecule has 0 spiro atoms. The van der Waals surface area contributed by atoms with Crippen molar-refractivity contribution in [1.29, 1.82) is 0 Å². The molecular weight excluding hydrogens is 494 g/mol. The predicted octanol–water partition coefficient (Wildman–Crippen LogP) is 4.38. The topological polar surface area (TPSA) is 103 Å². The second kappa shape index (κ2) is 8.57. The van der Waals surface area contributed by atoms with Crippen LogP contribution in [0.1, 0.15) is 27.3 Å². The van der Waals surface area contributed by atoms with E-state index in [1.807, 2.05) is 4.72 Å². The maximum absolute atomic E-state index is 13.1. The van der Waals surface area contributed by atoms with E-state index < -0.39 is 43.2 Å². The third-order valence-corrected chi connectivity index (χ3v) is 6.22. The molecule has 13 heteroatoms. The average Bonchev–Trinajstić information content (AvgIpc) is 2.68. The molecule has 168 valence electrons. The van der Waals surface area contributed by atoms with Crippen LogP contribution in [0.2, 0.25) is 10.0 Å². The van der Waals surface area contributed by atoms with E-state index in [2.05, 4.69) is 4.98 Å². The molecule has 0 aliphatic heterocycles. The molecule has 7 nitrogen and oxygen atoms in total. The Balaban J connectivity index is 2.07. The molecule has 1 aromatic carbocycles. The number of hydrogen-bond acceptors (Lipinski definition) is 5. The van der Waals surface area contributed by atoms with E-state index in [-0.39, 0.29) is 22.0 Å². The van der Waals surface area contributed by atoms with E-state index in [9.17, 15) is 31.6 Å². The number of hydrogen-bond donors (Lipinski definition) is 1. The molecule has 0 aliphatic carbocycles. The van der Waals surface area contributed by atoms with Crippen LogP contribution in [-0.2, 0) is 16.2 Å². The fourth-order valence-corrected chi connectivity index (χ4v) is 4.19. The number of halogens is 5. The molecule has 0 atom stereocenters. The Kier molecular flexibility index (Phi) is 6.36. The number of ketones is 1. The quantitative estimate of drug-likeness (QED) is 0.314. The molecule has 32 heavy (non-hydrogen) atoms. The highest BCUT2D eigenvalue weighted by atomic mass is 35.5. The lowest BCUT2D eigenvalue weighted by atomic mass is 10.1. The van der Waals surface area contributed by atoms with Gasteiger partial charge in [0.15, 0.2) is 6.20 Å². The van der Waals surface area contributed by atoms with Gasteiger partial charge in [0.25, 0.3) is 10.0 Å². The molecule has 0 amide bonds. The number of sulfonamides is 1. The summed E-state index contributed by atoms with van der Waals surface area (Å²) in [5, 5.41) is 11.1. The number of nitrogens with one attached hydrogen (secondary N) is 1. The number of aromatic nitrogens is 2. The van der Waals surface area contributed by atoms with Crippen molar-refractivity contribution < 1.29 is 31.1 Å². The number of carbonyl (C=O) groups excluding carboxylic acids is 1. The Morgan fingerprint density at radius 2 is 1.88 bits per heavy atom. The summed E-state index contributed by atoms with van der Waals surface area (Å²) in [6.07, 6.45) is -2.64. The minimum Gasteiger partial charge on any atom is -0.618 e. The van der Waals surface area contributed by atoms with Gasteiger partial charge in [-0.2, -0.15) is 17.9 Å². The summed E-state index contributed by atoms with van der Waals surface area (Å²) in [5.74, 6) is -0.797. The molecule has 0 saturated heterocycles. The Hall–Kier alpha value is -2.89. The van der Waals surface area contributed by atoms with Gasteiger partial charge < -0.3 is 5.21 Å². The molecule has 3 aromatic rings. The summed E-state index contributed by atoms with van der Waals surface area (Å²) in [4.78, 5) is 16.0. The first-order valence-electron chi connectivity index (χ1n) is 8.60. The number of benzene rings is 1. The van der Waals surface area contributed by atoms with Gasteiger partial charge in [0.05, 0.1) is 31.8 Å². The van der Waals surface area contributed by atoms with Crippen molar-refractivity contribution in [3.8, 4) is 0 Å². The van der Waals surface area contributed by atoms with Crippen LogP contribution in [0.15, 0.2) is 53.7 Å². The molecule has 0 unspecified atom stereocenters. The Morgan fingerprint density at radius 1 is 1.19 bits per heavy atom. The minimum atomic E-state index is -4.89. The zero-order valence-corrected chi connectivity index (χ0v) is 18.3. The number of alkyl halides is 3. The highest BCUT2D eigenvalue weighted by Crippen LogP contribution is 2.36. The summed E-state index contributed by atoms with van der Waals surface area (Å²) in [6, 6.07) is 5.77. The standard InChI is InChI=1S/C19H12Cl2F3N3O4S/c1-10-13(3-2-6-27(10)29)18(28)17-16(7-11(20)9-25-17)26-32(30,31)12-4-5-15(21)14(8-12)19(22,23)24/h2-9,26H,1H3. The van der Waals surface area contributed by atoms with Crippen LogP contribution in [0.3, 0.4) is 0 Å². The molecule has 0 fully saturated rings. The molecule has 1 N–H and O–H groups in total. The van der Waals surface area contributed by atoms with Crippen LogP contribution in [0.4, 0.5) is 18.9 Å².